The Morgan fingerprint density at radius 1 is 0.974 bits per heavy atom. The summed E-state index contributed by atoms with van der Waals surface area (Å²) < 4.78 is 41.5. The number of nitrogens with zero attached hydrogens (tertiary/aromatic N) is 3. The van der Waals surface area contributed by atoms with E-state index in [1.54, 1.807) is 11.8 Å². The quantitative estimate of drug-likeness (QED) is 0.379. The number of aromatic amines is 1. The Labute approximate surface area is 226 Å². The molecule has 8 nitrogen and oxygen atoms in total. The summed E-state index contributed by atoms with van der Waals surface area (Å²) in [5.41, 5.74) is 1.38. The molecule has 10 heteroatoms. The van der Waals surface area contributed by atoms with E-state index in [2.05, 4.69) is 22.0 Å². The monoisotopic (exact) mass is 548 g/mol. The van der Waals surface area contributed by atoms with Crippen LogP contribution in [0.3, 0.4) is 0 Å². The molecule has 0 atom stereocenters. The second kappa shape index (κ2) is 11.0. The second-order valence-corrected chi connectivity index (χ2v) is 11.3. The van der Waals surface area contributed by atoms with Crippen LogP contribution in [0.25, 0.3) is 10.9 Å². The second-order valence-electron chi connectivity index (χ2n) is 9.44. The molecule has 0 unspecified atom stereocenters. The van der Waals surface area contributed by atoms with Crippen molar-refractivity contribution < 1.29 is 17.6 Å². The van der Waals surface area contributed by atoms with Crippen LogP contribution in [-0.4, -0.2) is 61.8 Å². The topological polar surface area (TPSA) is 93.8 Å². The smallest absolute Gasteiger partial charge is 0.264 e. The lowest BCUT2D eigenvalue weighted by Gasteiger charge is -2.34. The Kier molecular flexibility index (Phi) is 7.49. The summed E-state index contributed by atoms with van der Waals surface area (Å²) in [6, 6.07) is 19.5. The maximum absolute atomic E-state index is 13.5. The minimum Gasteiger partial charge on any atom is -0.360 e. The number of H-pyrrole nitrogens is 1. The zero-order chi connectivity index (χ0) is 27.6. The molecule has 1 aliphatic heterocycles. The van der Waals surface area contributed by atoms with E-state index in [1.807, 2.05) is 18.2 Å². The third-order valence-corrected chi connectivity index (χ3v) is 8.88. The van der Waals surface area contributed by atoms with E-state index in [1.165, 1.54) is 54.2 Å². The molecule has 5 rings (SSSR count). The fourth-order valence-electron chi connectivity index (χ4n) is 4.86. The lowest BCUT2D eigenvalue weighted by Crippen LogP contribution is -2.49. The summed E-state index contributed by atoms with van der Waals surface area (Å²) in [6.07, 6.45) is 1.40. The molecule has 2 heterocycles. The molecule has 3 aromatic carbocycles. The maximum Gasteiger partial charge on any atom is 0.264 e. The summed E-state index contributed by atoms with van der Waals surface area (Å²) >= 11 is 0. The van der Waals surface area contributed by atoms with Gasteiger partial charge in [0.1, 0.15) is 11.4 Å². The van der Waals surface area contributed by atoms with Crippen molar-refractivity contribution in [2.24, 2.45) is 0 Å². The predicted molar refractivity (Wildman–Crippen MR) is 149 cm³/mol. The Morgan fingerprint density at radius 3 is 2.33 bits per heavy atom. The highest BCUT2D eigenvalue weighted by molar-refractivity contribution is 7.92. The first kappa shape index (κ1) is 26.6. The molecular formula is C29H29FN4O4S. The number of carbonyl (C=O) groups excluding carboxylic acids is 1. The van der Waals surface area contributed by atoms with E-state index in [0.717, 1.165) is 10.8 Å². The van der Waals surface area contributed by atoms with Crippen LogP contribution in [0.1, 0.15) is 22.8 Å². The van der Waals surface area contributed by atoms with Crippen molar-refractivity contribution in [3.63, 3.8) is 0 Å². The number of piperazine rings is 1. The molecule has 0 spiro atoms. The van der Waals surface area contributed by atoms with Crippen molar-refractivity contribution in [2.45, 2.75) is 18.4 Å². The largest absolute Gasteiger partial charge is 0.360 e. The van der Waals surface area contributed by atoms with Gasteiger partial charge in [-0.3, -0.25) is 18.8 Å². The van der Waals surface area contributed by atoms with Gasteiger partial charge in [-0.15, -0.1) is 0 Å². The highest BCUT2D eigenvalue weighted by Gasteiger charge is 2.27. The third-order valence-electron chi connectivity index (χ3n) is 6.98. The SMILES string of the molecule is CCN(c1ccc(F)cc1)S(=O)(=O)c1ccc2[nH]cc(C(=O)N3CCN(Cc4ccccc4)CC3)c(=O)c2c1. The van der Waals surface area contributed by atoms with Crippen LogP contribution in [0, 0.1) is 5.82 Å². The van der Waals surface area contributed by atoms with Gasteiger partial charge in [0, 0.05) is 56.4 Å². The Morgan fingerprint density at radius 2 is 1.67 bits per heavy atom. The third kappa shape index (κ3) is 5.43. The minimum absolute atomic E-state index is 0.0283. The van der Waals surface area contributed by atoms with Crippen LogP contribution in [0.4, 0.5) is 10.1 Å². The first-order valence-corrected chi connectivity index (χ1v) is 14.2. The average Bonchev–Trinajstić information content (AvgIpc) is 2.95. The summed E-state index contributed by atoms with van der Waals surface area (Å²) in [7, 11) is -4.05. The van der Waals surface area contributed by atoms with Gasteiger partial charge in [-0.2, -0.15) is 0 Å². The van der Waals surface area contributed by atoms with E-state index in [-0.39, 0.29) is 28.3 Å². The molecule has 1 aromatic heterocycles. The molecule has 4 aromatic rings. The molecule has 1 fully saturated rings. The summed E-state index contributed by atoms with van der Waals surface area (Å²) in [6.45, 7) is 4.92. The molecule has 39 heavy (non-hydrogen) atoms. The molecule has 0 bridgehead atoms. The minimum atomic E-state index is -4.05. The van der Waals surface area contributed by atoms with Crippen LogP contribution >= 0.6 is 0 Å². The molecule has 1 saturated heterocycles. The normalized spacial score (nSPS) is 14.5. The van der Waals surface area contributed by atoms with Crippen LogP contribution < -0.4 is 9.73 Å². The number of halogens is 1. The standard InChI is InChI=1S/C29H29FN4O4S/c1-2-34(23-10-8-22(30)9-11-23)39(37,38)24-12-13-27-25(18-24)28(35)26(19-31-27)29(36)33-16-14-32(15-17-33)20-21-6-4-3-5-7-21/h3-13,18-19H,2,14-17,20H2,1H3,(H,31,35). The van der Waals surface area contributed by atoms with Crippen molar-refractivity contribution in [3.8, 4) is 0 Å². The number of amides is 1. The van der Waals surface area contributed by atoms with Gasteiger partial charge < -0.3 is 9.88 Å². The number of sulfonamides is 1. The Balaban J connectivity index is 1.38. The van der Waals surface area contributed by atoms with E-state index in [0.29, 0.717) is 37.4 Å². The van der Waals surface area contributed by atoms with Gasteiger partial charge in [0.15, 0.2) is 0 Å². The van der Waals surface area contributed by atoms with Crippen molar-refractivity contribution >= 4 is 32.5 Å². The van der Waals surface area contributed by atoms with Gasteiger partial charge >= 0.3 is 0 Å². The van der Waals surface area contributed by atoms with E-state index >= 15 is 0 Å². The van der Waals surface area contributed by atoms with E-state index in [9.17, 15) is 22.4 Å². The number of nitrogens with one attached hydrogen (secondary N) is 1. The molecule has 0 radical (unpaired) electrons. The molecule has 0 aliphatic carbocycles. The fourth-order valence-corrected chi connectivity index (χ4v) is 6.36. The van der Waals surface area contributed by atoms with Crippen molar-refractivity contribution in [3.05, 3.63) is 106 Å². The fraction of sp³-hybridized carbons (Fsp3) is 0.241. The molecule has 1 N–H and O–H groups in total. The number of hydrogen-bond donors (Lipinski definition) is 1. The number of pyridine rings is 1. The van der Waals surface area contributed by atoms with Gasteiger partial charge in [-0.05, 0) is 55.0 Å². The molecule has 202 valence electrons. The summed E-state index contributed by atoms with van der Waals surface area (Å²) in [4.78, 5) is 33.5. The lowest BCUT2D eigenvalue weighted by atomic mass is 10.1. The van der Waals surface area contributed by atoms with Crippen molar-refractivity contribution in [2.75, 3.05) is 37.0 Å². The lowest BCUT2D eigenvalue weighted by molar-refractivity contribution is 0.0627. The van der Waals surface area contributed by atoms with Gasteiger partial charge in [0.2, 0.25) is 5.43 Å². The van der Waals surface area contributed by atoms with E-state index in [4.69, 9.17) is 0 Å². The van der Waals surface area contributed by atoms with Crippen LogP contribution in [0.2, 0.25) is 0 Å². The zero-order valence-corrected chi connectivity index (χ0v) is 22.3. The predicted octanol–water partition coefficient (Wildman–Crippen LogP) is 3.84. The Hall–Kier alpha value is -4.02. The maximum atomic E-state index is 13.5. The molecule has 1 amide bonds. The molecular weight excluding hydrogens is 519 g/mol. The summed E-state index contributed by atoms with van der Waals surface area (Å²) in [5.74, 6) is -0.855. The number of benzene rings is 3. The molecule has 1 aliphatic rings. The highest BCUT2D eigenvalue weighted by atomic mass is 32.2. The molecule has 0 saturated carbocycles. The van der Waals surface area contributed by atoms with Crippen LogP contribution in [0.15, 0.2) is 88.7 Å². The first-order valence-electron chi connectivity index (χ1n) is 12.8. The summed E-state index contributed by atoms with van der Waals surface area (Å²) in [5, 5.41) is 0.111. The van der Waals surface area contributed by atoms with Gasteiger partial charge in [-0.1, -0.05) is 30.3 Å². The number of aromatic nitrogens is 1. The number of carbonyl (C=O) groups is 1. The zero-order valence-electron chi connectivity index (χ0n) is 21.5. The van der Waals surface area contributed by atoms with Gasteiger partial charge in [0.05, 0.1) is 10.6 Å². The van der Waals surface area contributed by atoms with Crippen LogP contribution in [-0.2, 0) is 16.6 Å². The van der Waals surface area contributed by atoms with Crippen molar-refractivity contribution in [1.29, 1.82) is 0 Å². The highest BCUT2D eigenvalue weighted by Crippen LogP contribution is 2.25. The Bertz CT molecular complexity index is 1650. The van der Waals surface area contributed by atoms with Gasteiger partial charge in [0.25, 0.3) is 15.9 Å². The number of anilines is 1. The van der Waals surface area contributed by atoms with Crippen molar-refractivity contribution in [1.82, 2.24) is 14.8 Å². The number of fused-ring (bicyclic) bond motifs is 1. The first-order chi connectivity index (χ1) is 18.8. The van der Waals surface area contributed by atoms with Gasteiger partial charge in [-0.25, -0.2) is 12.8 Å². The average molecular weight is 549 g/mol. The van der Waals surface area contributed by atoms with E-state index < -0.39 is 21.3 Å². The number of rotatable bonds is 7. The number of hydrogen-bond acceptors (Lipinski definition) is 5. The van der Waals surface area contributed by atoms with Crippen LogP contribution in [0.5, 0.6) is 0 Å².